The van der Waals surface area contributed by atoms with Crippen molar-refractivity contribution >= 4 is 15.9 Å². The number of rotatable bonds is 7. The summed E-state index contributed by atoms with van der Waals surface area (Å²) in [5.74, 6) is -0.209. The topological polar surface area (TPSA) is 66.5 Å². The minimum absolute atomic E-state index is 0.209. The Balaban J connectivity index is 2.09. The number of hydrogen-bond donors (Lipinski definition) is 1. The van der Waals surface area contributed by atoms with Gasteiger partial charge in [-0.2, -0.15) is 4.31 Å². The third-order valence-electron chi connectivity index (χ3n) is 4.36. The predicted molar refractivity (Wildman–Crippen MR) is 95.5 cm³/mol. The second-order valence-electron chi connectivity index (χ2n) is 6.31. The van der Waals surface area contributed by atoms with Crippen LogP contribution in [0.15, 0.2) is 29.2 Å². The molecule has 0 aromatic heterocycles. The molecule has 0 atom stereocenters. The number of benzene rings is 1. The average molecular weight is 353 g/mol. The molecule has 1 fully saturated rings. The van der Waals surface area contributed by atoms with Crippen molar-refractivity contribution < 1.29 is 13.2 Å². The maximum atomic E-state index is 12.8. The molecule has 0 spiro atoms. The Kier molecular flexibility index (Phi) is 7.24. The molecular formula is C18H28N2O3S. The van der Waals surface area contributed by atoms with Crippen molar-refractivity contribution in [2.24, 2.45) is 0 Å². The zero-order valence-corrected chi connectivity index (χ0v) is 15.3. The molecule has 1 aromatic carbocycles. The van der Waals surface area contributed by atoms with Crippen LogP contribution < -0.4 is 5.32 Å². The van der Waals surface area contributed by atoms with E-state index in [4.69, 9.17) is 0 Å². The number of unbranched alkanes of at least 4 members (excludes halogenated alkanes) is 2. The number of nitrogens with one attached hydrogen (secondary N) is 1. The average Bonchev–Trinajstić information content (AvgIpc) is 2.88. The molecule has 5 nitrogen and oxygen atoms in total. The molecule has 1 N–H and O–H groups in total. The van der Waals surface area contributed by atoms with Gasteiger partial charge in [-0.05, 0) is 37.5 Å². The lowest BCUT2D eigenvalue weighted by atomic mass is 10.2. The first kappa shape index (κ1) is 18.9. The summed E-state index contributed by atoms with van der Waals surface area (Å²) in [4.78, 5) is 12.4. The molecule has 1 aliphatic rings. The summed E-state index contributed by atoms with van der Waals surface area (Å²) in [5.41, 5.74) is 0.405. The molecule has 24 heavy (non-hydrogen) atoms. The van der Waals surface area contributed by atoms with Gasteiger partial charge >= 0.3 is 0 Å². The van der Waals surface area contributed by atoms with Crippen molar-refractivity contribution in [2.75, 3.05) is 19.6 Å². The van der Waals surface area contributed by atoms with Crippen LogP contribution in [0.2, 0.25) is 0 Å². The van der Waals surface area contributed by atoms with Gasteiger partial charge in [-0.1, -0.05) is 38.7 Å². The van der Waals surface area contributed by atoms with Gasteiger partial charge in [0.25, 0.3) is 5.91 Å². The Morgan fingerprint density at radius 1 is 1.12 bits per heavy atom. The maximum Gasteiger partial charge on any atom is 0.251 e. The highest BCUT2D eigenvalue weighted by molar-refractivity contribution is 7.89. The van der Waals surface area contributed by atoms with E-state index in [-0.39, 0.29) is 10.8 Å². The van der Waals surface area contributed by atoms with E-state index in [2.05, 4.69) is 12.2 Å². The summed E-state index contributed by atoms with van der Waals surface area (Å²) >= 11 is 0. The highest BCUT2D eigenvalue weighted by Gasteiger charge is 2.25. The smallest absolute Gasteiger partial charge is 0.251 e. The van der Waals surface area contributed by atoms with Crippen molar-refractivity contribution in [1.82, 2.24) is 9.62 Å². The van der Waals surface area contributed by atoms with Gasteiger partial charge in [-0.3, -0.25) is 4.79 Å². The van der Waals surface area contributed by atoms with Gasteiger partial charge in [0, 0.05) is 25.2 Å². The van der Waals surface area contributed by atoms with Crippen molar-refractivity contribution in [2.45, 2.75) is 56.8 Å². The molecule has 1 saturated heterocycles. The third kappa shape index (κ3) is 5.05. The molecule has 0 bridgehead atoms. The summed E-state index contributed by atoms with van der Waals surface area (Å²) < 4.78 is 27.2. The molecule has 134 valence electrons. The molecule has 0 unspecified atom stereocenters. The van der Waals surface area contributed by atoms with E-state index in [9.17, 15) is 13.2 Å². The van der Waals surface area contributed by atoms with Gasteiger partial charge < -0.3 is 5.32 Å². The predicted octanol–water partition coefficient (Wildman–Crippen LogP) is 3.17. The summed E-state index contributed by atoms with van der Waals surface area (Å²) in [5, 5.41) is 2.85. The summed E-state index contributed by atoms with van der Waals surface area (Å²) in [6, 6.07) is 6.38. The first-order valence-corrected chi connectivity index (χ1v) is 10.4. The Morgan fingerprint density at radius 3 is 2.50 bits per heavy atom. The number of carbonyl (C=O) groups excluding carboxylic acids is 1. The lowest BCUT2D eigenvalue weighted by Crippen LogP contribution is -2.32. The maximum absolute atomic E-state index is 12.8. The Morgan fingerprint density at radius 2 is 1.83 bits per heavy atom. The SMILES string of the molecule is CCCCCNC(=O)c1cccc(S(=O)(=O)N2CCCCCC2)c1. The highest BCUT2D eigenvalue weighted by atomic mass is 32.2. The number of amides is 1. The Hall–Kier alpha value is -1.40. The quantitative estimate of drug-likeness (QED) is 0.767. The van der Waals surface area contributed by atoms with Crippen LogP contribution in [0, 0.1) is 0 Å². The fourth-order valence-corrected chi connectivity index (χ4v) is 4.47. The van der Waals surface area contributed by atoms with Gasteiger partial charge in [0.2, 0.25) is 10.0 Å². The lowest BCUT2D eigenvalue weighted by molar-refractivity contribution is 0.0952. The lowest BCUT2D eigenvalue weighted by Gasteiger charge is -2.20. The van der Waals surface area contributed by atoms with Crippen LogP contribution in [0.3, 0.4) is 0 Å². The monoisotopic (exact) mass is 352 g/mol. The molecule has 0 saturated carbocycles. The van der Waals surface area contributed by atoms with Gasteiger partial charge in [0.05, 0.1) is 4.90 Å². The Bertz CT molecular complexity index is 635. The number of nitrogens with zero attached hydrogens (tertiary/aromatic N) is 1. The first-order valence-electron chi connectivity index (χ1n) is 8.94. The van der Waals surface area contributed by atoms with Gasteiger partial charge in [0.1, 0.15) is 0 Å². The van der Waals surface area contributed by atoms with Crippen molar-refractivity contribution in [3.05, 3.63) is 29.8 Å². The summed E-state index contributed by atoms with van der Waals surface area (Å²) in [6.45, 7) is 3.86. The van der Waals surface area contributed by atoms with Crippen LogP contribution in [0.5, 0.6) is 0 Å². The van der Waals surface area contributed by atoms with Crippen LogP contribution in [-0.4, -0.2) is 38.3 Å². The zero-order valence-electron chi connectivity index (χ0n) is 14.5. The second-order valence-corrected chi connectivity index (χ2v) is 8.25. The van der Waals surface area contributed by atoms with E-state index >= 15 is 0 Å². The molecule has 0 radical (unpaired) electrons. The normalized spacial score (nSPS) is 16.5. The van der Waals surface area contributed by atoms with Gasteiger partial charge in [-0.25, -0.2) is 8.42 Å². The van der Waals surface area contributed by atoms with Crippen LogP contribution in [-0.2, 0) is 10.0 Å². The number of sulfonamides is 1. The second kappa shape index (κ2) is 9.18. The molecular weight excluding hydrogens is 324 g/mol. The largest absolute Gasteiger partial charge is 0.352 e. The molecule has 1 aliphatic heterocycles. The van der Waals surface area contributed by atoms with Crippen LogP contribution in [0.25, 0.3) is 0 Å². The van der Waals surface area contributed by atoms with Crippen LogP contribution in [0.1, 0.15) is 62.2 Å². The molecule has 0 aliphatic carbocycles. The van der Waals surface area contributed by atoms with Crippen molar-refractivity contribution in [1.29, 1.82) is 0 Å². The first-order chi connectivity index (χ1) is 11.6. The zero-order chi connectivity index (χ0) is 17.4. The van der Waals surface area contributed by atoms with Gasteiger partial charge in [-0.15, -0.1) is 0 Å². The number of carbonyl (C=O) groups is 1. The molecule has 6 heteroatoms. The highest BCUT2D eigenvalue weighted by Crippen LogP contribution is 2.21. The number of hydrogen-bond acceptors (Lipinski definition) is 3. The minimum Gasteiger partial charge on any atom is -0.352 e. The Labute approximate surface area is 145 Å². The summed E-state index contributed by atoms with van der Waals surface area (Å²) in [6.07, 6.45) is 7.06. The minimum atomic E-state index is -3.52. The van der Waals surface area contributed by atoms with E-state index in [1.54, 1.807) is 22.5 Å². The van der Waals surface area contributed by atoms with E-state index in [0.29, 0.717) is 25.2 Å². The van der Waals surface area contributed by atoms with Gasteiger partial charge in [0.15, 0.2) is 0 Å². The van der Waals surface area contributed by atoms with Crippen LogP contribution >= 0.6 is 0 Å². The van der Waals surface area contributed by atoms with Crippen molar-refractivity contribution in [3.8, 4) is 0 Å². The third-order valence-corrected chi connectivity index (χ3v) is 6.26. The van der Waals surface area contributed by atoms with E-state index in [1.165, 1.54) is 6.07 Å². The van der Waals surface area contributed by atoms with E-state index < -0.39 is 10.0 Å². The van der Waals surface area contributed by atoms with E-state index in [0.717, 1.165) is 44.9 Å². The standard InChI is InChI=1S/C18H28N2O3S/c1-2-3-6-12-19-18(21)16-10-9-11-17(15-16)24(22,23)20-13-7-4-5-8-14-20/h9-11,15H,2-8,12-14H2,1H3,(H,19,21). The molecule has 1 amide bonds. The molecule has 1 aromatic rings. The van der Waals surface area contributed by atoms with E-state index in [1.807, 2.05) is 0 Å². The summed E-state index contributed by atoms with van der Waals surface area (Å²) in [7, 11) is -3.52. The van der Waals surface area contributed by atoms with Crippen molar-refractivity contribution in [3.63, 3.8) is 0 Å². The molecule has 2 rings (SSSR count). The fraction of sp³-hybridized carbons (Fsp3) is 0.611. The van der Waals surface area contributed by atoms with Crippen LogP contribution in [0.4, 0.5) is 0 Å². The fourth-order valence-electron chi connectivity index (χ4n) is 2.91. The molecule has 1 heterocycles.